The smallest absolute Gasteiger partial charge is 0.102 e. The first-order valence-corrected chi connectivity index (χ1v) is 7.09. The standard InChI is InChI=1S/C18H18N2O/c1-12-7-8-14(9-13(12)2)10-18(21)17-11-19-15-5-3-4-6-16(15)20-17/h3-9,11,18,21H,10H2,1-2H3. The largest absolute Gasteiger partial charge is 0.386 e. The van der Waals surface area contributed by atoms with E-state index in [4.69, 9.17) is 0 Å². The van der Waals surface area contributed by atoms with Crippen LogP contribution >= 0.6 is 0 Å². The molecule has 0 saturated heterocycles. The Hall–Kier alpha value is -2.26. The molecule has 3 nitrogen and oxygen atoms in total. The Morgan fingerprint density at radius 1 is 1.00 bits per heavy atom. The molecule has 1 atom stereocenters. The molecule has 21 heavy (non-hydrogen) atoms. The van der Waals surface area contributed by atoms with Crippen LogP contribution in [0, 0.1) is 13.8 Å². The molecule has 1 N–H and O–H groups in total. The number of aliphatic hydroxyl groups excluding tert-OH is 1. The van der Waals surface area contributed by atoms with E-state index in [1.165, 1.54) is 11.1 Å². The van der Waals surface area contributed by atoms with Crippen LogP contribution in [0.5, 0.6) is 0 Å². The third-order valence-corrected chi connectivity index (χ3v) is 3.81. The minimum atomic E-state index is -0.635. The van der Waals surface area contributed by atoms with E-state index in [-0.39, 0.29) is 0 Å². The van der Waals surface area contributed by atoms with Crippen molar-refractivity contribution in [2.75, 3.05) is 0 Å². The monoisotopic (exact) mass is 278 g/mol. The molecule has 3 heteroatoms. The molecule has 3 rings (SSSR count). The summed E-state index contributed by atoms with van der Waals surface area (Å²) in [4.78, 5) is 8.85. The van der Waals surface area contributed by atoms with Gasteiger partial charge in [-0.2, -0.15) is 0 Å². The summed E-state index contributed by atoms with van der Waals surface area (Å²) in [6, 6.07) is 14.0. The Kier molecular flexibility index (Phi) is 3.67. The second kappa shape index (κ2) is 5.62. The molecule has 0 radical (unpaired) electrons. The van der Waals surface area contributed by atoms with Crippen LogP contribution < -0.4 is 0 Å². The van der Waals surface area contributed by atoms with Crippen LogP contribution in [0.3, 0.4) is 0 Å². The van der Waals surface area contributed by atoms with Gasteiger partial charge in [0.1, 0.15) is 6.10 Å². The summed E-state index contributed by atoms with van der Waals surface area (Å²) in [7, 11) is 0. The fourth-order valence-electron chi connectivity index (χ4n) is 2.39. The van der Waals surface area contributed by atoms with E-state index >= 15 is 0 Å². The van der Waals surface area contributed by atoms with Crippen molar-refractivity contribution in [3.63, 3.8) is 0 Å². The lowest BCUT2D eigenvalue weighted by molar-refractivity contribution is 0.173. The van der Waals surface area contributed by atoms with Crippen LogP contribution in [0.4, 0.5) is 0 Å². The van der Waals surface area contributed by atoms with E-state index in [1.807, 2.05) is 24.3 Å². The maximum Gasteiger partial charge on any atom is 0.102 e. The number of aliphatic hydroxyl groups is 1. The van der Waals surface area contributed by atoms with E-state index in [9.17, 15) is 5.11 Å². The van der Waals surface area contributed by atoms with Crippen molar-refractivity contribution in [1.29, 1.82) is 0 Å². The molecule has 1 heterocycles. The van der Waals surface area contributed by atoms with E-state index in [1.54, 1.807) is 6.20 Å². The molecule has 1 aromatic heterocycles. The van der Waals surface area contributed by atoms with Gasteiger partial charge in [0.15, 0.2) is 0 Å². The number of nitrogens with zero attached hydrogens (tertiary/aromatic N) is 2. The van der Waals surface area contributed by atoms with Crippen molar-refractivity contribution in [3.8, 4) is 0 Å². The molecule has 0 fully saturated rings. The van der Waals surface area contributed by atoms with Crippen LogP contribution in [0.2, 0.25) is 0 Å². The number of fused-ring (bicyclic) bond motifs is 1. The van der Waals surface area contributed by atoms with E-state index in [0.29, 0.717) is 12.1 Å². The van der Waals surface area contributed by atoms with Gasteiger partial charge in [0.2, 0.25) is 0 Å². The maximum absolute atomic E-state index is 10.4. The van der Waals surface area contributed by atoms with Crippen LogP contribution in [0.25, 0.3) is 11.0 Å². The van der Waals surface area contributed by atoms with E-state index in [2.05, 4.69) is 42.0 Å². The van der Waals surface area contributed by atoms with Crippen molar-refractivity contribution in [3.05, 3.63) is 71.0 Å². The molecular weight excluding hydrogens is 260 g/mol. The normalized spacial score (nSPS) is 12.5. The molecule has 2 aromatic carbocycles. The number of rotatable bonds is 3. The molecule has 106 valence electrons. The Balaban J connectivity index is 1.85. The summed E-state index contributed by atoms with van der Waals surface area (Å²) in [5, 5.41) is 10.4. The zero-order valence-electron chi connectivity index (χ0n) is 12.2. The number of hydrogen-bond donors (Lipinski definition) is 1. The fourth-order valence-corrected chi connectivity index (χ4v) is 2.39. The summed E-state index contributed by atoms with van der Waals surface area (Å²) in [6.07, 6.45) is 1.58. The van der Waals surface area contributed by atoms with E-state index < -0.39 is 6.10 Å². The average molecular weight is 278 g/mol. The van der Waals surface area contributed by atoms with Gasteiger partial charge >= 0.3 is 0 Å². The predicted molar refractivity (Wildman–Crippen MR) is 84.1 cm³/mol. The van der Waals surface area contributed by atoms with Crippen molar-refractivity contribution >= 4 is 11.0 Å². The third kappa shape index (κ3) is 2.93. The van der Waals surface area contributed by atoms with Crippen LogP contribution in [-0.4, -0.2) is 15.1 Å². The quantitative estimate of drug-likeness (QED) is 0.797. The molecule has 0 bridgehead atoms. The highest BCUT2D eigenvalue weighted by molar-refractivity contribution is 5.73. The Labute approximate surface area is 124 Å². The van der Waals surface area contributed by atoms with Gasteiger partial charge in [-0.1, -0.05) is 30.3 Å². The molecular formula is C18H18N2O. The van der Waals surface area contributed by atoms with Gasteiger partial charge in [-0.25, -0.2) is 4.98 Å². The zero-order valence-corrected chi connectivity index (χ0v) is 12.2. The summed E-state index contributed by atoms with van der Waals surface area (Å²) in [5.41, 5.74) is 5.89. The zero-order chi connectivity index (χ0) is 14.8. The Bertz CT molecular complexity index is 783. The first-order valence-electron chi connectivity index (χ1n) is 7.09. The first-order chi connectivity index (χ1) is 10.1. The summed E-state index contributed by atoms with van der Waals surface area (Å²) in [6.45, 7) is 4.17. The highest BCUT2D eigenvalue weighted by atomic mass is 16.3. The molecule has 0 aliphatic rings. The van der Waals surface area contributed by atoms with Gasteiger partial charge < -0.3 is 5.11 Å². The topological polar surface area (TPSA) is 46.0 Å². The lowest BCUT2D eigenvalue weighted by atomic mass is 10.0. The molecule has 0 amide bonds. The average Bonchev–Trinajstić information content (AvgIpc) is 2.50. The van der Waals surface area contributed by atoms with E-state index in [0.717, 1.165) is 16.6 Å². The second-order valence-corrected chi connectivity index (χ2v) is 5.42. The predicted octanol–water partition coefficient (Wildman–Crippen LogP) is 3.52. The van der Waals surface area contributed by atoms with Gasteiger partial charge in [0.05, 0.1) is 22.9 Å². The Morgan fingerprint density at radius 3 is 2.52 bits per heavy atom. The minimum absolute atomic E-state index is 0.550. The number of hydrogen-bond acceptors (Lipinski definition) is 3. The summed E-state index contributed by atoms with van der Waals surface area (Å²) >= 11 is 0. The molecule has 0 aliphatic heterocycles. The second-order valence-electron chi connectivity index (χ2n) is 5.42. The van der Waals surface area contributed by atoms with Gasteiger partial charge in [0.25, 0.3) is 0 Å². The number of aryl methyl sites for hydroxylation is 2. The minimum Gasteiger partial charge on any atom is -0.386 e. The molecule has 0 saturated carbocycles. The van der Waals surface area contributed by atoms with Crippen molar-refractivity contribution in [2.24, 2.45) is 0 Å². The maximum atomic E-state index is 10.4. The van der Waals surface area contributed by atoms with Gasteiger partial charge in [0, 0.05) is 6.42 Å². The van der Waals surface area contributed by atoms with Crippen molar-refractivity contribution < 1.29 is 5.11 Å². The van der Waals surface area contributed by atoms with Crippen molar-refractivity contribution in [1.82, 2.24) is 9.97 Å². The molecule has 3 aromatic rings. The SMILES string of the molecule is Cc1ccc(CC(O)c2cnc3ccccc3n2)cc1C. The van der Waals surface area contributed by atoms with Crippen LogP contribution in [0.15, 0.2) is 48.7 Å². The number of aromatic nitrogens is 2. The lowest BCUT2D eigenvalue weighted by Crippen LogP contribution is -2.05. The number of benzene rings is 2. The van der Waals surface area contributed by atoms with Crippen molar-refractivity contribution in [2.45, 2.75) is 26.4 Å². The molecule has 0 aliphatic carbocycles. The van der Waals surface area contributed by atoms with Crippen LogP contribution in [0.1, 0.15) is 28.5 Å². The van der Waals surface area contributed by atoms with Gasteiger partial charge in [-0.15, -0.1) is 0 Å². The first kappa shape index (κ1) is 13.7. The summed E-state index contributed by atoms with van der Waals surface area (Å²) in [5.74, 6) is 0. The third-order valence-electron chi connectivity index (χ3n) is 3.81. The lowest BCUT2D eigenvalue weighted by Gasteiger charge is -2.12. The highest BCUT2D eigenvalue weighted by Gasteiger charge is 2.12. The molecule has 1 unspecified atom stereocenters. The van der Waals surface area contributed by atoms with Crippen LogP contribution in [-0.2, 0) is 6.42 Å². The van der Waals surface area contributed by atoms with Gasteiger partial charge in [-0.05, 0) is 42.7 Å². The Morgan fingerprint density at radius 2 is 1.76 bits per heavy atom. The molecule has 0 spiro atoms. The highest BCUT2D eigenvalue weighted by Crippen LogP contribution is 2.20. The fraction of sp³-hybridized carbons (Fsp3) is 0.222. The van der Waals surface area contributed by atoms with Gasteiger partial charge in [-0.3, -0.25) is 4.98 Å². The summed E-state index contributed by atoms with van der Waals surface area (Å²) < 4.78 is 0. The number of para-hydroxylation sites is 2.